The minimum Gasteiger partial charge on any atom is -0.496 e. The molecule has 0 aliphatic rings. The van der Waals surface area contributed by atoms with E-state index in [4.69, 9.17) is 4.74 Å². The van der Waals surface area contributed by atoms with Crippen LogP contribution in [0.3, 0.4) is 0 Å². The summed E-state index contributed by atoms with van der Waals surface area (Å²) in [6.45, 7) is 0. The summed E-state index contributed by atoms with van der Waals surface area (Å²) < 4.78 is 18.3. The van der Waals surface area contributed by atoms with Crippen molar-refractivity contribution in [2.75, 3.05) is 14.2 Å². The van der Waals surface area contributed by atoms with Crippen LogP contribution in [0.25, 0.3) is 0 Å². The number of ether oxygens (including phenoxy) is 1. The van der Waals surface area contributed by atoms with Gasteiger partial charge in [-0.1, -0.05) is 30.3 Å². The van der Waals surface area contributed by atoms with E-state index in [0.29, 0.717) is 0 Å². The van der Waals surface area contributed by atoms with Crippen molar-refractivity contribution >= 4 is 0 Å². The standard InChI is InChI=1S/C16H18FNO/c1-18-15(12-7-9-14(17)10-8-12)11-13-5-3-4-6-16(13)19-2/h3-10,15,18H,11H2,1-2H3. The molecule has 2 aromatic rings. The molecule has 0 saturated heterocycles. The van der Waals surface area contributed by atoms with Gasteiger partial charge in [-0.3, -0.25) is 0 Å². The molecule has 0 amide bonds. The van der Waals surface area contributed by atoms with Crippen LogP contribution in [0.15, 0.2) is 48.5 Å². The van der Waals surface area contributed by atoms with Crippen LogP contribution in [0.1, 0.15) is 17.2 Å². The number of halogens is 1. The van der Waals surface area contributed by atoms with Gasteiger partial charge in [0.05, 0.1) is 7.11 Å². The second-order valence-corrected chi connectivity index (χ2v) is 4.41. The molecule has 0 fully saturated rings. The van der Waals surface area contributed by atoms with E-state index >= 15 is 0 Å². The molecular weight excluding hydrogens is 241 g/mol. The highest BCUT2D eigenvalue weighted by molar-refractivity contribution is 5.35. The third kappa shape index (κ3) is 3.32. The summed E-state index contributed by atoms with van der Waals surface area (Å²) in [5.41, 5.74) is 2.20. The summed E-state index contributed by atoms with van der Waals surface area (Å²) >= 11 is 0. The molecule has 0 radical (unpaired) electrons. The van der Waals surface area contributed by atoms with Gasteiger partial charge in [0.15, 0.2) is 0 Å². The van der Waals surface area contributed by atoms with Crippen LogP contribution in [-0.4, -0.2) is 14.2 Å². The van der Waals surface area contributed by atoms with Crippen molar-refractivity contribution in [3.63, 3.8) is 0 Å². The first-order valence-corrected chi connectivity index (χ1v) is 6.29. The van der Waals surface area contributed by atoms with Crippen molar-refractivity contribution in [2.45, 2.75) is 12.5 Å². The molecule has 0 aromatic heterocycles. The molecule has 0 spiro atoms. The molecular formula is C16H18FNO. The Morgan fingerprint density at radius 2 is 1.79 bits per heavy atom. The molecule has 100 valence electrons. The zero-order chi connectivity index (χ0) is 13.7. The van der Waals surface area contributed by atoms with Crippen LogP contribution in [0.5, 0.6) is 5.75 Å². The average Bonchev–Trinajstić information content (AvgIpc) is 2.46. The van der Waals surface area contributed by atoms with E-state index in [0.717, 1.165) is 23.3 Å². The van der Waals surface area contributed by atoms with Gasteiger partial charge in [0.2, 0.25) is 0 Å². The Balaban J connectivity index is 2.21. The lowest BCUT2D eigenvalue weighted by molar-refractivity contribution is 0.406. The normalized spacial score (nSPS) is 12.2. The van der Waals surface area contributed by atoms with Gasteiger partial charge in [-0.2, -0.15) is 0 Å². The van der Waals surface area contributed by atoms with Gasteiger partial charge in [0.25, 0.3) is 0 Å². The quantitative estimate of drug-likeness (QED) is 0.889. The van der Waals surface area contributed by atoms with E-state index in [-0.39, 0.29) is 11.9 Å². The van der Waals surface area contributed by atoms with Gasteiger partial charge in [0.1, 0.15) is 11.6 Å². The Hall–Kier alpha value is -1.87. The SMILES string of the molecule is CNC(Cc1ccccc1OC)c1ccc(F)cc1. The topological polar surface area (TPSA) is 21.3 Å². The van der Waals surface area contributed by atoms with Crippen molar-refractivity contribution in [3.05, 3.63) is 65.5 Å². The third-order valence-electron chi connectivity index (χ3n) is 3.24. The Morgan fingerprint density at radius 1 is 1.11 bits per heavy atom. The summed E-state index contributed by atoms with van der Waals surface area (Å²) in [7, 11) is 3.58. The highest BCUT2D eigenvalue weighted by atomic mass is 19.1. The zero-order valence-corrected chi connectivity index (χ0v) is 11.2. The van der Waals surface area contributed by atoms with Crippen molar-refractivity contribution in [1.29, 1.82) is 0 Å². The second kappa shape index (κ2) is 6.34. The highest BCUT2D eigenvalue weighted by Gasteiger charge is 2.12. The van der Waals surface area contributed by atoms with Crippen molar-refractivity contribution in [2.24, 2.45) is 0 Å². The summed E-state index contributed by atoms with van der Waals surface area (Å²) in [6.07, 6.45) is 0.798. The lowest BCUT2D eigenvalue weighted by Gasteiger charge is -2.18. The van der Waals surface area contributed by atoms with Crippen LogP contribution < -0.4 is 10.1 Å². The average molecular weight is 259 g/mol. The Kier molecular flexibility index (Phi) is 4.53. The predicted molar refractivity (Wildman–Crippen MR) is 74.9 cm³/mol. The smallest absolute Gasteiger partial charge is 0.123 e. The lowest BCUT2D eigenvalue weighted by Crippen LogP contribution is -2.19. The largest absolute Gasteiger partial charge is 0.496 e. The van der Waals surface area contributed by atoms with Crippen LogP contribution in [0.2, 0.25) is 0 Å². The van der Waals surface area contributed by atoms with Crippen molar-refractivity contribution < 1.29 is 9.13 Å². The number of para-hydroxylation sites is 1. The van der Waals surface area contributed by atoms with Crippen LogP contribution >= 0.6 is 0 Å². The molecule has 2 rings (SSSR count). The van der Waals surface area contributed by atoms with E-state index < -0.39 is 0 Å². The maximum atomic E-state index is 13.0. The number of methoxy groups -OCH3 is 1. The molecule has 0 aliphatic carbocycles. The molecule has 0 aliphatic heterocycles. The molecule has 0 saturated carbocycles. The third-order valence-corrected chi connectivity index (χ3v) is 3.24. The molecule has 0 heterocycles. The zero-order valence-electron chi connectivity index (χ0n) is 11.2. The molecule has 1 unspecified atom stereocenters. The first-order valence-electron chi connectivity index (χ1n) is 6.29. The number of likely N-dealkylation sites (N-methyl/N-ethyl adjacent to an activating group) is 1. The molecule has 0 bridgehead atoms. The maximum Gasteiger partial charge on any atom is 0.123 e. The van der Waals surface area contributed by atoms with Gasteiger partial charge in [0, 0.05) is 6.04 Å². The van der Waals surface area contributed by atoms with Gasteiger partial charge in [-0.15, -0.1) is 0 Å². The highest BCUT2D eigenvalue weighted by Crippen LogP contribution is 2.24. The fraction of sp³-hybridized carbons (Fsp3) is 0.250. The number of benzene rings is 2. The van der Waals surface area contributed by atoms with E-state index in [2.05, 4.69) is 5.32 Å². The maximum absolute atomic E-state index is 13.0. The van der Waals surface area contributed by atoms with Crippen LogP contribution in [-0.2, 0) is 6.42 Å². The fourth-order valence-corrected chi connectivity index (χ4v) is 2.17. The summed E-state index contributed by atoms with van der Waals surface area (Å²) in [4.78, 5) is 0. The molecule has 2 nitrogen and oxygen atoms in total. The summed E-state index contributed by atoms with van der Waals surface area (Å²) in [5.74, 6) is 0.667. The first-order chi connectivity index (χ1) is 9.24. The summed E-state index contributed by atoms with van der Waals surface area (Å²) in [5, 5.41) is 3.26. The molecule has 1 atom stereocenters. The van der Waals surface area contributed by atoms with E-state index in [9.17, 15) is 4.39 Å². The predicted octanol–water partition coefficient (Wildman–Crippen LogP) is 3.34. The molecule has 1 N–H and O–H groups in total. The monoisotopic (exact) mass is 259 g/mol. The Labute approximate surface area is 113 Å². The Bertz CT molecular complexity index is 525. The first kappa shape index (κ1) is 13.6. The van der Waals surface area contributed by atoms with Crippen molar-refractivity contribution in [3.8, 4) is 5.75 Å². The fourth-order valence-electron chi connectivity index (χ4n) is 2.17. The van der Waals surface area contributed by atoms with E-state index in [1.807, 2.05) is 43.4 Å². The van der Waals surface area contributed by atoms with Crippen LogP contribution in [0.4, 0.5) is 4.39 Å². The second-order valence-electron chi connectivity index (χ2n) is 4.41. The Morgan fingerprint density at radius 3 is 2.42 bits per heavy atom. The van der Waals surface area contributed by atoms with Crippen LogP contribution in [0, 0.1) is 5.82 Å². The number of hydrogen-bond acceptors (Lipinski definition) is 2. The van der Waals surface area contributed by atoms with Gasteiger partial charge < -0.3 is 10.1 Å². The summed E-state index contributed by atoms with van der Waals surface area (Å²) in [6, 6.07) is 14.7. The molecule has 3 heteroatoms. The van der Waals surface area contributed by atoms with E-state index in [1.165, 1.54) is 12.1 Å². The van der Waals surface area contributed by atoms with Crippen molar-refractivity contribution in [1.82, 2.24) is 5.32 Å². The molecule has 2 aromatic carbocycles. The van der Waals surface area contributed by atoms with Gasteiger partial charge >= 0.3 is 0 Å². The van der Waals surface area contributed by atoms with Gasteiger partial charge in [-0.05, 0) is 42.8 Å². The minimum absolute atomic E-state index is 0.136. The van der Waals surface area contributed by atoms with Gasteiger partial charge in [-0.25, -0.2) is 4.39 Å². The van der Waals surface area contributed by atoms with E-state index in [1.54, 1.807) is 7.11 Å². The molecule has 19 heavy (non-hydrogen) atoms. The number of rotatable bonds is 5. The number of hydrogen-bond donors (Lipinski definition) is 1. The lowest BCUT2D eigenvalue weighted by atomic mass is 9.98. The minimum atomic E-state index is -0.212. The number of nitrogens with one attached hydrogen (secondary N) is 1.